The first-order chi connectivity index (χ1) is 18.6. The van der Waals surface area contributed by atoms with Crippen molar-refractivity contribution >= 4 is 6.09 Å². The fourth-order valence-corrected chi connectivity index (χ4v) is 8.26. The molecule has 0 aromatic heterocycles. The van der Waals surface area contributed by atoms with Gasteiger partial charge in [-0.3, -0.25) is 0 Å². The first-order valence-corrected chi connectivity index (χ1v) is 14.5. The van der Waals surface area contributed by atoms with Gasteiger partial charge in [-0.15, -0.1) is 0 Å². The van der Waals surface area contributed by atoms with E-state index in [9.17, 15) is 15.0 Å². The highest BCUT2D eigenvalue weighted by Crippen LogP contribution is 2.66. The second kappa shape index (κ2) is 10.5. The lowest BCUT2D eigenvalue weighted by Crippen LogP contribution is -2.56. The highest BCUT2D eigenvalue weighted by Gasteiger charge is 2.62. The van der Waals surface area contributed by atoms with Gasteiger partial charge in [0.05, 0.1) is 45.6 Å². The first kappa shape index (κ1) is 28.0. The molecule has 7 heteroatoms. The molecule has 4 aliphatic carbocycles. The van der Waals surface area contributed by atoms with Crippen molar-refractivity contribution in [1.29, 1.82) is 0 Å². The van der Waals surface area contributed by atoms with Gasteiger partial charge >= 0.3 is 6.09 Å². The highest BCUT2D eigenvalue weighted by molar-refractivity contribution is 5.68. The number of benzene rings is 1. The van der Waals surface area contributed by atoms with E-state index in [1.807, 2.05) is 18.2 Å². The summed E-state index contributed by atoms with van der Waals surface area (Å²) in [6.07, 6.45) is 10.00. The van der Waals surface area contributed by atoms with E-state index in [1.54, 1.807) is 26.0 Å². The van der Waals surface area contributed by atoms with Gasteiger partial charge in [0.15, 0.2) is 0 Å². The number of nitrogens with zero attached hydrogens (tertiary/aromatic N) is 1. The molecular formula is C32H45NO6. The lowest BCUT2D eigenvalue weighted by Gasteiger charge is -2.56. The van der Waals surface area contributed by atoms with Crippen molar-refractivity contribution in [2.24, 2.45) is 22.7 Å². The van der Waals surface area contributed by atoms with E-state index in [0.29, 0.717) is 23.8 Å². The second-order valence-corrected chi connectivity index (χ2v) is 12.5. The third-order valence-electron chi connectivity index (χ3n) is 10.7. The standard InChI is InChI=1S/C32H45NO6/c1-6-39-29(35)33(19-21-7-9-24(37-4)18-28(21)38-5)20-32(36)16-13-27-25-10-8-22-17-23(34)11-14-30(22,2)26(25)12-15-31(27,32)3/h7-10,18,23,26-27,34,36H,6,11-17,19-20H2,1-5H3. The Kier molecular flexibility index (Phi) is 7.53. The van der Waals surface area contributed by atoms with Crippen LogP contribution in [0.3, 0.4) is 0 Å². The van der Waals surface area contributed by atoms with E-state index in [1.165, 1.54) is 11.1 Å². The number of hydrogen-bond acceptors (Lipinski definition) is 6. The number of methoxy groups -OCH3 is 2. The number of amides is 1. The molecule has 0 heterocycles. The molecule has 1 amide bonds. The topological polar surface area (TPSA) is 88.5 Å². The summed E-state index contributed by atoms with van der Waals surface area (Å²) in [5, 5.41) is 22.7. The lowest BCUT2D eigenvalue weighted by atomic mass is 9.50. The monoisotopic (exact) mass is 539 g/mol. The molecule has 0 spiro atoms. The minimum Gasteiger partial charge on any atom is -0.497 e. The average Bonchev–Trinajstić information content (AvgIpc) is 3.19. The molecule has 6 atom stereocenters. The summed E-state index contributed by atoms with van der Waals surface area (Å²) in [6.45, 7) is 7.16. The number of ether oxygens (including phenoxy) is 3. The first-order valence-electron chi connectivity index (χ1n) is 14.5. The third-order valence-corrected chi connectivity index (χ3v) is 10.7. The van der Waals surface area contributed by atoms with Gasteiger partial charge in [0, 0.05) is 17.0 Å². The molecule has 0 radical (unpaired) electrons. The van der Waals surface area contributed by atoms with Crippen molar-refractivity contribution in [3.63, 3.8) is 0 Å². The third kappa shape index (κ3) is 4.65. The van der Waals surface area contributed by atoms with E-state index < -0.39 is 11.7 Å². The molecule has 0 saturated heterocycles. The van der Waals surface area contributed by atoms with Crippen molar-refractivity contribution in [1.82, 2.24) is 4.90 Å². The average molecular weight is 540 g/mol. The van der Waals surface area contributed by atoms with Crippen LogP contribution in [0.4, 0.5) is 4.79 Å². The Balaban J connectivity index is 1.42. The quantitative estimate of drug-likeness (QED) is 0.466. The number of rotatable bonds is 7. The Labute approximate surface area is 232 Å². The van der Waals surface area contributed by atoms with Crippen molar-refractivity contribution < 1.29 is 29.2 Å². The Morgan fingerprint density at radius 1 is 1.05 bits per heavy atom. The highest BCUT2D eigenvalue weighted by atomic mass is 16.6. The van der Waals surface area contributed by atoms with Gasteiger partial charge in [-0.25, -0.2) is 4.79 Å². The van der Waals surface area contributed by atoms with E-state index in [2.05, 4.69) is 26.0 Å². The van der Waals surface area contributed by atoms with Crippen LogP contribution in [0.25, 0.3) is 0 Å². The second-order valence-electron chi connectivity index (χ2n) is 12.5. The Bertz CT molecular complexity index is 1160. The molecule has 0 aliphatic heterocycles. The molecule has 7 nitrogen and oxygen atoms in total. The zero-order valence-corrected chi connectivity index (χ0v) is 24.2. The number of aliphatic hydroxyl groups excluding tert-OH is 1. The van der Waals surface area contributed by atoms with Crippen LogP contribution >= 0.6 is 0 Å². The van der Waals surface area contributed by atoms with Crippen molar-refractivity contribution in [3.8, 4) is 11.5 Å². The number of carbonyl (C=O) groups excluding carboxylic acids is 1. The Hall–Kier alpha value is -2.51. The summed E-state index contributed by atoms with van der Waals surface area (Å²) in [5.74, 6) is 2.03. The molecule has 1 aromatic carbocycles. The molecule has 39 heavy (non-hydrogen) atoms. The van der Waals surface area contributed by atoms with Crippen molar-refractivity contribution in [3.05, 3.63) is 47.1 Å². The van der Waals surface area contributed by atoms with Crippen LogP contribution in [0.2, 0.25) is 0 Å². The SMILES string of the molecule is CCOC(=O)N(Cc1ccc(OC)cc1OC)CC1(O)CCC2C3=CC=C4CC(O)CCC4(C)C3CCC21C. The summed E-state index contributed by atoms with van der Waals surface area (Å²) in [7, 11) is 3.21. The smallest absolute Gasteiger partial charge is 0.410 e. The molecule has 2 N–H and O–H groups in total. The number of carbonyl (C=O) groups is 1. The number of fused-ring (bicyclic) bond motifs is 5. The summed E-state index contributed by atoms with van der Waals surface area (Å²) < 4.78 is 16.4. The van der Waals surface area contributed by atoms with Crippen molar-refractivity contribution in [2.75, 3.05) is 27.4 Å². The minimum atomic E-state index is -1.04. The zero-order valence-electron chi connectivity index (χ0n) is 24.2. The normalized spacial score (nSPS) is 35.1. The molecule has 4 aliphatic rings. The maximum atomic E-state index is 13.2. The zero-order chi connectivity index (χ0) is 28.0. The summed E-state index contributed by atoms with van der Waals surface area (Å²) in [4.78, 5) is 14.8. The van der Waals surface area contributed by atoms with Crippen LogP contribution < -0.4 is 9.47 Å². The van der Waals surface area contributed by atoms with E-state index in [0.717, 1.165) is 44.1 Å². The fraction of sp³-hybridized carbons (Fsp3) is 0.656. The molecular weight excluding hydrogens is 494 g/mol. The van der Waals surface area contributed by atoms with Gasteiger partial charge < -0.3 is 29.3 Å². The number of allylic oxidation sites excluding steroid dienone is 3. The predicted molar refractivity (Wildman–Crippen MR) is 150 cm³/mol. The Morgan fingerprint density at radius 3 is 2.54 bits per heavy atom. The Morgan fingerprint density at radius 2 is 1.82 bits per heavy atom. The van der Waals surface area contributed by atoms with Gasteiger partial charge in [-0.2, -0.15) is 0 Å². The molecule has 0 bridgehead atoms. The van der Waals surface area contributed by atoms with Crippen LogP contribution in [-0.4, -0.2) is 60.3 Å². The van der Waals surface area contributed by atoms with E-state index >= 15 is 0 Å². The summed E-state index contributed by atoms with van der Waals surface area (Å²) in [5.41, 5.74) is 2.38. The molecule has 3 fully saturated rings. The van der Waals surface area contributed by atoms with Crippen molar-refractivity contribution in [2.45, 2.75) is 84.0 Å². The van der Waals surface area contributed by atoms with Crippen LogP contribution in [0.5, 0.6) is 11.5 Å². The minimum absolute atomic E-state index is 0.0905. The number of aliphatic hydroxyl groups is 2. The van der Waals surface area contributed by atoms with Gasteiger partial charge in [0.2, 0.25) is 0 Å². The largest absolute Gasteiger partial charge is 0.497 e. The predicted octanol–water partition coefficient (Wildman–Crippen LogP) is 5.64. The van der Waals surface area contributed by atoms with Crippen LogP contribution in [-0.2, 0) is 11.3 Å². The van der Waals surface area contributed by atoms with E-state index in [4.69, 9.17) is 14.2 Å². The molecule has 214 valence electrons. The fourth-order valence-electron chi connectivity index (χ4n) is 8.26. The maximum absolute atomic E-state index is 13.2. The summed E-state index contributed by atoms with van der Waals surface area (Å²) in [6, 6.07) is 5.56. The molecule has 6 unspecified atom stereocenters. The van der Waals surface area contributed by atoms with Gasteiger partial charge in [-0.1, -0.05) is 37.1 Å². The summed E-state index contributed by atoms with van der Waals surface area (Å²) >= 11 is 0. The van der Waals surface area contributed by atoms with Crippen LogP contribution in [0, 0.1) is 22.7 Å². The molecule has 5 rings (SSSR count). The van der Waals surface area contributed by atoms with Gasteiger partial charge in [0.1, 0.15) is 11.5 Å². The van der Waals surface area contributed by atoms with Gasteiger partial charge in [0.25, 0.3) is 0 Å². The maximum Gasteiger partial charge on any atom is 0.410 e. The van der Waals surface area contributed by atoms with E-state index in [-0.39, 0.29) is 42.5 Å². The number of hydrogen-bond donors (Lipinski definition) is 2. The van der Waals surface area contributed by atoms with Crippen LogP contribution in [0.15, 0.2) is 41.5 Å². The lowest BCUT2D eigenvalue weighted by molar-refractivity contribution is -0.100. The molecule has 3 saturated carbocycles. The molecule has 1 aromatic rings. The van der Waals surface area contributed by atoms with Crippen LogP contribution in [0.1, 0.15) is 71.3 Å². The van der Waals surface area contributed by atoms with Gasteiger partial charge in [-0.05, 0) is 81.3 Å².